The number of piperazine rings is 1. The molecule has 17 heavy (non-hydrogen) atoms. The Kier molecular flexibility index (Phi) is 5.00. The molecule has 0 spiro atoms. The number of nitrogens with zero attached hydrogens (tertiary/aromatic N) is 1. The number of hydrogen-bond donors (Lipinski definition) is 1. The highest BCUT2D eigenvalue weighted by Gasteiger charge is 2.20. The summed E-state index contributed by atoms with van der Waals surface area (Å²) in [5.41, 5.74) is 1.41. The molecule has 2 rings (SSSR count). The Hall–Kier alpha value is -0.390. The molecule has 1 aromatic carbocycles. The minimum Gasteiger partial charge on any atom is -0.314 e. The molecule has 1 atom stereocenters. The third kappa shape index (κ3) is 3.53. The van der Waals surface area contributed by atoms with Gasteiger partial charge < -0.3 is 5.32 Å². The minimum absolute atomic E-state index is 0.492. The van der Waals surface area contributed by atoms with E-state index in [2.05, 4.69) is 63.7 Å². The molecule has 0 saturated carbocycles. The summed E-state index contributed by atoms with van der Waals surface area (Å²) in [7, 11) is 0. The van der Waals surface area contributed by atoms with Crippen LogP contribution in [0.2, 0.25) is 0 Å². The molecule has 0 aromatic heterocycles. The molecule has 0 aliphatic carbocycles. The van der Waals surface area contributed by atoms with Crippen LogP contribution in [-0.2, 0) is 0 Å². The lowest BCUT2D eigenvalue weighted by atomic mass is 10.0. The monoisotopic (exact) mass is 342 g/mol. The molecule has 0 radical (unpaired) electrons. The van der Waals surface area contributed by atoms with Crippen LogP contribution in [0.1, 0.15) is 18.0 Å². The highest BCUT2D eigenvalue weighted by atomic mass is 127. The van der Waals surface area contributed by atoms with Crippen molar-refractivity contribution in [3.05, 3.63) is 46.1 Å². The summed E-state index contributed by atoms with van der Waals surface area (Å²) in [6.45, 7) is 8.34. The fourth-order valence-electron chi connectivity index (χ4n) is 2.33. The summed E-state index contributed by atoms with van der Waals surface area (Å²) in [4.78, 5) is 2.56. The fraction of sp³-hybridized carbons (Fsp3) is 0.429. The van der Waals surface area contributed by atoms with Crippen LogP contribution in [0, 0.1) is 3.57 Å². The van der Waals surface area contributed by atoms with E-state index >= 15 is 0 Å². The maximum atomic E-state index is 3.89. The zero-order chi connectivity index (χ0) is 12.1. The largest absolute Gasteiger partial charge is 0.314 e. The molecule has 1 heterocycles. The lowest BCUT2D eigenvalue weighted by molar-refractivity contribution is 0.174. The van der Waals surface area contributed by atoms with Crippen LogP contribution < -0.4 is 5.32 Å². The van der Waals surface area contributed by atoms with Gasteiger partial charge >= 0.3 is 0 Å². The van der Waals surface area contributed by atoms with Gasteiger partial charge in [0.15, 0.2) is 0 Å². The number of nitrogens with one attached hydrogen (secondary N) is 1. The molecule has 1 aliphatic rings. The van der Waals surface area contributed by atoms with Crippen LogP contribution in [0.25, 0.3) is 0 Å². The van der Waals surface area contributed by atoms with E-state index in [1.54, 1.807) is 0 Å². The summed E-state index contributed by atoms with van der Waals surface area (Å²) < 4.78 is 1.30. The lowest BCUT2D eigenvalue weighted by Gasteiger charge is -2.34. The van der Waals surface area contributed by atoms with Gasteiger partial charge in [0.2, 0.25) is 0 Å². The van der Waals surface area contributed by atoms with E-state index in [1.165, 1.54) is 9.13 Å². The maximum Gasteiger partial charge on any atom is 0.0383 e. The standard InChI is InChI=1S/C14H19IN2/c1-2-3-14(17-10-8-16-9-11-17)12-4-6-13(15)7-5-12/h2,4-7,14,16H,1,3,8-11H2/t14-/m1/s1. The van der Waals surface area contributed by atoms with Crippen LogP contribution in [-0.4, -0.2) is 31.1 Å². The van der Waals surface area contributed by atoms with Crippen LogP contribution in [0.15, 0.2) is 36.9 Å². The molecule has 1 N–H and O–H groups in total. The predicted molar refractivity (Wildman–Crippen MR) is 81.2 cm³/mol. The van der Waals surface area contributed by atoms with Crippen molar-refractivity contribution in [1.82, 2.24) is 10.2 Å². The summed E-state index contributed by atoms with van der Waals surface area (Å²) in [5, 5.41) is 3.40. The first-order valence-corrected chi connectivity index (χ1v) is 7.20. The first kappa shape index (κ1) is 13.1. The van der Waals surface area contributed by atoms with E-state index in [-0.39, 0.29) is 0 Å². The molecule has 0 amide bonds. The van der Waals surface area contributed by atoms with Gasteiger partial charge in [-0.3, -0.25) is 4.90 Å². The van der Waals surface area contributed by atoms with Crippen molar-refractivity contribution in [1.29, 1.82) is 0 Å². The lowest BCUT2D eigenvalue weighted by Crippen LogP contribution is -2.45. The van der Waals surface area contributed by atoms with Crippen LogP contribution >= 0.6 is 22.6 Å². The summed E-state index contributed by atoms with van der Waals surface area (Å²) in [6, 6.07) is 9.37. The Morgan fingerprint density at radius 3 is 2.53 bits per heavy atom. The van der Waals surface area contributed by atoms with Crippen molar-refractivity contribution in [2.24, 2.45) is 0 Å². The van der Waals surface area contributed by atoms with E-state index in [0.717, 1.165) is 32.6 Å². The zero-order valence-electron chi connectivity index (χ0n) is 10.0. The number of rotatable bonds is 4. The zero-order valence-corrected chi connectivity index (χ0v) is 12.2. The van der Waals surface area contributed by atoms with Gasteiger partial charge in [0.05, 0.1) is 0 Å². The van der Waals surface area contributed by atoms with Gasteiger partial charge in [0.1, 0.15) is 0 Å². The molecule has 2 nitrogen and oxygen atoms in total. The Bertz CT molecular complexity index is 355. The third-order valence-corrected chi connectivity index (χ3v) is 3.96. The smallest absolute Gasteiger partial charge is 0.0383 e. The highest BCUT2D eigenvalue weighted by Crippen LogP contribution is 2.25. The third-order valence-electron chi connectivity index (χ3n) is 3.24. The van der Waals surface area contributed by atoms with Gasteiger partial charge in [-0.2, -0.15) is 0 Å². The highest BCUT2D eigenvalue weighted by molar-refractivity contribution is 14.1. The Morgan fingerprint density at radius 2 is 1.94 bits per heavy atom. The molecule has 1 saturated heterocycles. The number of halogens is 1. The Labute approximate surface area is 117 Å². The Morgan fingerprint density at radius 1 is 1.29 bits per heavy atom. The average molecular weight is 342 g/mol. The molecule has 3 heteroatoms. The van der Waals surface area contributed by atoms with E-state index in [0.29, 0.717) is 6.04 Å². The SMILES string of the molecule is C=CC[C@H](c1ccc(I)cc1)N1CCNCC1. The van der Waals surface area contributed by atoms with E-state index in [1.807, 2.05) is 6.08 Å². The van der Waals surface area contributed by atoms with Gasteiger partial charge in [-0.1, -0.05) is 18.2 Å². The van der Waals surface area contributed by atoms with Crippen molar-refractivity contribution in [2.75, 3.05) is 26.2 Å². The van der Waals surface area contributed by atoms with E-state index in [4.69, 9.17) is 0 Å². The summed E-state index contributed by atoms with van der Waals surface area (Å²) in [6.07, 6.45) is 3.06. The van der Waals surface area contributed by atoms with Crippen molar-refractivity contribution in [3.8, 4) is 0 Å². The molecular formula is C14H19IN2. The predicted octanol–water partition coefficient (Wildman–Crippen LogP) is 2.81. The van der Waals surface area contributed by atoms with Crippen molar-refractivity contribution in [3.63, 3.8) is 0 Å². The number of hydrogen-bond acceptors (Lipinski definition) is 2. The first-order chi connectivity index (χ1) is 8.31. The van der Waals surface area contributed by atoms with Gasteiger partial charge in [-0.15, -0.1) is 6.58 Å². The topological polar surface area (TPSA) is 15.3 Å². The van der Waals surface area contributed by atoms with Gasteiger partial charge in [-0.25, -0.2) is 0 Å². The normalized spacial score (nSPS) is 18.9. The van der Waals surface area contributed by atoms with E-state index in [9.17, 15) is 0 Å². The first-order valence-electron chi connectivity index (χ1n) is 6.12. The van der Waals surface area contributed by atoms with Gasteiger partial charge in [-0.05, 0) is 46.7 Å². The Balaban J connectivity index is 2.15. The molecule has 0 unspecified atom stereocenters. The van der Waals surface area contributed by atoms with Gasteiger partial charge in [0.25, 0.3) is 0 Å². The quantitative estimate of drug-likeness (QED) is 0.669. The van der Waals surface area contributed by atoms with Gasteiger partial charge in [0, 0.05) is 35.8 Å². The molecular weight excluding hydrogens is 323 g/mol. The van der Waals surface area contributed by atoms with Crippen molar-refractivity contribution < 1.29 is 0 Å². The average Bonchev–Trinajstić information content (AvgIpc) is 2.38. The van der Waals surface area contributed by atoms with Crippen LogP contribution in [0.4, 0.5) is 0 Å². The number of benzene rings is 1. The molecule has 1 aromatic rings. The maximum absolute atomic E-state index is 3.89. The van der Waals surface area contributed by atoms with Crippen molar-refractivity contribution in [2.45, 2.75) is 12.5 Å². The van der Waals surface area contributed by atoms with E-state index < -0.39 is 0 Å². The summed E-state index contributed by atoms with van der Waals surface area (Å²) >= 11 is 2.35. The van der Waals surface area contributed by atoms with Crippen LogP contribution in [0.3, 0.4) is 0 Å². The second kappa shape index (κ2) is 6.52. The van der Waals surface area contributed by atoms with Crippen LogP contribution in [0.5, 0.6) is 0 Å². The second-order valence-electron chi connectivity index (χ2n) is 4.38. The summed E-state index contributed by atoms with van der Waals surface area (Å²) in [5.74, 6) is 0. The molecule has 0 bridgehead atoms. The molecule has 92 valence electrons. The molecule has 1 aliphatic heterocycles. The van der Waals surface area contributed by atoms with Crippen molar-refractivity contribution >= 4 is 22.6 Å². The molecule has 1 fully saturated rings. The second-order valence-corrected chi connectivity index (χ2v) is 5.62. The fourth-order valence-corrected chi connectivity index (χ4v) is 2.69. The minimum atomic E-state index is 0.492.